The van der Waals surface area contributed by atoms with E-state index in [1.165, 1.54) is 19.4 Å². The molecule has 2 aromatic carbocycles. The van der Waals surface area contributed by atoms with Crippen molar-refractivity contribution in [2.75, 3.05) is 18.7 Å². The summed E-state index contributed by atoms with van der Waals surface area (Å²) in [5, 5.41) is 12.9. The number of para-hydroxylation sites is 1. The van der Waals surface area contributed by atoms with E-state index >= 15 is 0 Å². The van der Waals surface area contributed by atoms with Gasteiger partial charge in [-0.05, 0) is 24.3 Å². The van der Waals surface area contributed by atoms with Crippen molar-refractivity contribution in [2.45, 2.75) is 11.4 Å². The van der Waals surface area contributed by atoms with Crippen molar-refractivity contribution >= 4 is 15.5 Å². The Balaban J connectivity index is 2.21. The lowest BCUT2D eigenvalue weighted by molar-refractivity contribution is 0.406. The summed E-state index contributed by atoms with van der Waals surface area (Å²) in [6, 6.07) is 11.6. The molecule has 0 aliphatic rings. The van der Waals surface area contributed by atoms with Gasteiger partial charge in [0.1, 0.15) is 11.5 Å². The van der Waals surface area contributed by atoms with Crippen molar-refractivity contribution < 1.29 is 18.3 Å². The van der Waals surface area contributed by atoms with Gasteiger partial charge in [-0.2, -0.15) is 0 Å². The SMILES string of the molecule is COc1ccc(CNc2ccccc2S(C)(=O)=O)c(O)c1. The molecule has 0 atom stereocenters. The van der Waals surface area contributed by atoms with Crippen molar-refractivity contribution in [2.24, 2.45) is 0 Å². The number of ether oxygens (including phenoxy) is 1. The number of sulfone groups is 1. The predicted molar refractivity (Wildman–Crippen MR) is 81.5 cm³/mol. The fraction of sp³-hybridized carbons (Fsp3) is 0.200. The Morgan fingerprint density at radius 3 is 2.52 bits per heavy atom. The van der Waals surface area contributed by atoms with E-state index in [1.807, 2.05) is 0 Å². The summed E-state index contributed by atoms with van der Waals surface area (Å²) in [7, 11) is -1.78. The molecule has 0 aliphatic heterocycles. The Hall–Kier alpha value is -2.21. The number of rotatable bonds is 5. The van der Waals surface area contributed by atoms with Crippen LogP contribution >= 0.6 is 0 Å². The second kappa shape index (κ2) is 6.05. The zero-order chi connectivity index (χ0) is 15.5. The van der Waals surface area contributed by atoms with Crippen LogP contribution in [0.4, 0.5) is 5.69 Å². The largest absolute Gasteiger partial charge is 0.507 e. The van der Waals surface area contributed by atoms with Gasteiger partial charge in [-0.25, -0.2) is 8.42 Å². The second-order valence-corrected chi connectivity index (χ2v) is 6.60. The third-order valence-electron chi connectivity index (χ3n) is 3.05. The summed E-state index contributed by atoms with van der Waals surface area (Å²) in [6.07, 6.45) is 1.17. The van der Waals surface area contributed by atoms with E-state index in [2.05, 4.69) is 5.32 Å². The zero-order valence-electron chi connectivity index (χ0n) is 11.8. The Morgan fingerprint density at radius 2 is 1.90 bits per heavy atom. The molecule has 112 valence electrons. The molecule has 6 heteroatoms. The van der Waals surface area contributed by atoms with E-state index < -0.39 is 9.84 Å². The zero-order valence-corrected chi connectivity index (χ0v) is 12.6. The number of methoxy groups -OCH3 is 1. The number of aromatic hydroxyl groups is 1. The van der Waals surface area contributed by atoms with Crippen molar-refractivity contribution in [3.05, 3.63) is 48.0 Å². The summed E-state index contributed by atoms with van der Waals surface area (Å²) < 4.78 is 28.4. The average molecular weight is 307 g/mol. The smallest absolute Gasteiger partial charge is 0.177 e. The molecule has 2 N–H and O–H groups in total. The van der Waals surface area contributed by atoms with Gasteiger partial charge in [0.25, 0.3) is 0 Å². The van der Waals surface area contributed by atoms with Gasteiger partial charge in [-0.1, -0.05) is 12.1 Å². The van der Waals surface area contributed by atoms with E-state index in [4.69, 9.17) is 4.74 Å². The molecule has 0 saturated heterocycles. The van der Waals surface area contributed by atoms with Crippen LogP contribution in [-0.4, -0.2) is 26.9 Å². The summed E-state index contributed by atoms with van der Waals surface area (Å²) >= 11 is 0. The summed E-state index contributed by atoms with van der Waals surface area (Å²) in [4.78, 5) is 0.234. The Labute approximate surface area is 124 Å². The van der Waals surface area contributed by atoms with Gasteiger partial charge in [0.15, 0.2) is 9.84 Å². The van der Waals surface area contributed by atoms with E-state index in [-0.39, 0.29) is 10.6 Å². The van der Waals surface area contributed by atoms with E-state index in [0.29, 0.717) is 23.5 Å². The molecule has 0 aliphatic carbocycles. The number of anilines is 1. The number of benzene rings is 2. The molecule has 0 heterocycles. The first-order valence-electron chi connectivity index (χ1n) is 6.30. The maximum atomic E-state index is 11.7. The first kappa shape index (κ1) is 15.2. The third kappa shape index (κ3) is 3.66. The standard InChI is InChI=1S/C15H17NO4S/c1-20-12-8-7-11(14(17)9-12)10-16-13-5-3-4-6-15(13)21(2,18)19/h3-9,16-17H,10H2,1-2H3. The monoisotopic (exact) mass is 307 g/mol. The molecule has 5 nitrogen and oxygen atoms in total. The van der Waals surface area contributed by atoms with Crippen molar-refractivity contribution in [1.29, 1.82) is 0 Å². The fourth-order valence-electron chi connectivity index (χ4n) is 1.95. The van der Waals surface area contributed by atoms with Crippen LogP contribution in [0.5, 0.6) is 11.5 Å². The van der Waals surface area contributed by atoms with E-state index in [1.54, 1.807) is 36.4 Å². The molecule has 0 fully saturated rings. The van der Waals surface area contributed by atoms with Crippen LogP contribution in [0.15, 0.2) is 47.4 Å². The van der Waals surface area contributed by atoms with Gasteiger partial charge in [0, 0.05) is 24.4 Å². The molecular formula is C15H17NO4S. The normalized spacial score (nSPS) is 11.1. The van der Waals surface area contributed by atoms with E-state index in [9.17, 15) is 13.5 Å². The van der Waals surface area contributed by atoms with Crippen LogP contribution in [0, 0.1) is 0 Å². The lowest BCUT2D eigenvalue weighted by atomic mass is 10.2. The fourth-order valence-corrected chi connectivity index (χ4v) is 2.81. The second-order valence-electron chi connectivity index (χ2n) is 4.62. The summed E-state index contributed by atoms with van der Waals surface area (Å²) in [5.74, 6) is 0.659. The molecule has 2 aromatic rings. The molecule has 0 aromatic heterocycles. The van der Waals surface area contributed by atoms with Crippen LogP contribution in [-0.2, 0) is 16.4 Å². The van der Waals surface area contributed by atoms with Gasteiger partial charge in [0.2, 0.25) is 0 Å². The van der Waals surface area contributed by atoms with Gasteiger partial charge in [-0.3, -0.25) is 0 Å². The minimum Gasteiger partial charge on any atom is -0.507 e. The van der Waals surface area contributed by atoms with Gasteiger partial charge in [-0.15, -0.1) is 0 Å². The highest BCUT2D eigenvalue weighted by Crippen LogP contribution is 2.26. The summed E-state index contributed by atoms with van der Waals surface area (Å²) in [5.41, 5.74) is 1.16. The predicted octanol–water partition coefficient (Wildman–Crippen LogP) is 2.42. The van der Waals surface area contributed by atoms with Crippen LogP contribution < -0.4 is 10.1 Å². The molecule has 2 rings (SSSR count). The maximum absolute atomic E-state index is 11.7. The number of hydrogen-bond donors (Lipinski definition) is 2. The molecule has 0 unspecified atom stereocenters. The molecule has 0 bridgehead atoms. The van der Waals surface area contributed by atoms with Crippen molar-refractivity contribution in [3.8, 4) is 11.5 Å². The Kier molecular flexibility index (Phi) is 4.37. The molecule has 0 saturated carbocycles. The minimum atomic E-state index is -3.30. The molecule has 21 heavy (non-hydrogen) atoms. The lowest BCUT2D eigenvalue weighted by Gasteiger charge is -2.12. The molecule has 0 radical (unpaired) electrons. The van der Waals surface area contributed by atoms with Crippen molar-refractivity contribution in [3.63, 3.8) is 0 Å². The average Bonchev–Trinajstić information content (AvgIpc) is 2.45. The molecular weight excluding hydrogens is 290 g/mol. The van der Waals surface area contributed by atoms with Crippen molar-refractivity contribution in [1.82, 2.24) is 0 Å². The summed E-state index contributed by atoms with van der Waals surface area (Å²) in [6.45, 7) is 0.308. The topological polar surface area (TPSA) is 75.6 Å². The molecule has 0 spiro atoms. The lowest BCUT2D eigenvalue weighted by Crippen LogP contribution is -2.06. The van der Waals surface area contributed by atoms with Gasteiger partial charge >= 0.3 is 0 Å². The maximum Gasteiger partial charge on any atom is 0.177 e. The van der Waals surface area contributed by atoms with Gasteiger partial charge < -0.3 is 15.2 Å². The Bertz CT molecular complexity index is 741. The number of nitrogens with one attached hydrogen (secondary N) is 1. The quantitative estimate of drug-likeness (QED) is 0.887. The van der Waals surface area contributed by atoms with E-state index in [0.717, 1.165) is 0 Å². The number of phenolic OH excluding ortho intramolecular Hbond substituents is 1. The highest BCUT2D eigenvalue weighted by molar-refractivity contribution is 7.90. The minimum absolute atomic E-state index is 0.0960. The van der Waals surface area contributed by atoms with Crippen LogP contribution in [0.2, 0.25) is 0 Å². The Morgan fingerprint density at radius 1 is 1.19 bits per heavy atom. The number of phenols is 1. The highest BCUT2D eigenvalue weighted by Gasteiger charge is 2.12. The first-order valence-corrected chi connectivity index (χ1v) is 8.20. The van der Waals surface area contributed by atoms with Crippen LogP contribution in [0.1, 0.15) is 5.56 Å². The molecule has 0 amide bonds. The first-order chi connectivity index (χ1) is 9.91. The highest BCUT2D eigenvalue weighted by atomic mass is 32.2. The van der Waals surface area contributed by atoms with Crippen LogP contribution in [0.25, 0.3) is 0 Å². The van der Waals surface area contributed by atoms with Gasteiger partial charge in [0.05, 0.1) is 17.7 Å². The van der Waals surface area contributed by atoms with Crippen LogP contribution in [0.3, 0.4) is 0 Å². The third-order valence-corrected chi connectivity index (χ3v) is 4.20. The number of hydrogen-bond acceptors (Lipinski definition) is 5.